The average molecular weight is 463 g/mol. The molecule has 2 aromatic rings. The minimum atomic E-state index is -3.79. The third-order valence-corrected chi connectivity index (χ3v) is 4.40. The SMILES string of the molecule is O=C(Nc1ccc(OC(F)(F)Cl)cc1)c1cnc(N2CCOCC2)c(Br)c1. The molecule has 10 heteroatoms. The Kier molecular flexibility index (Phi) is 6.13. The van der Waals surface area contributed by atoms with Crippen molar-refractivity contribution in [3.8, 4) is 5.75 Å². The van der Waals surface area contributed by atoms with Crippen LogP contribution in [-0.2, 0) is 4.74 Å². The summed E-state index contributed by atoms with van der Waals surface area (Å²) in [6.45, 7) is 2.72. The predicted octanol–water partition coefficient (Wildman–Crippen LogP) is 4.10. The molecule has 1 aromatic heterocycles. The molecule has 2 heterocycles. The maximum atomic E-state index is 12.6. The number of hydrogen-bond donors (Lipinski definition) is 1. The first-order chi connectivity index (χ1) is 12.8. The van der Waals surface area contributed by atoms with Gasteiger partial charge in [0.05, 0.1) is 23.2 Å². The first kappa shape index (κ1) is 19.8. The van der Waals surface area contributed by atoms with Gasteiger partial charge in [-0.2, -0.15) is 0 Å². The van der Waals surface area contributed by atoms with Gasteiger partial charge in [0.25, 0.3) is 5.91 Å². The number of alkyl halides is 3. The summed E-state index contributed by atoms with van der Waals surface area (Å²) in [4.78, 5) is 18.8. The van der Waals surface area contributed by atoms with Crippen molar-refractivity contribution in [2.24, 2.45) is 0 Å². The lowest BCUT2D eigenvalue weighted by molar-refractivity contribution is -0.0964. The number of rotatable bonds is 5. The van der Waals surface area contributed by atoms with Gasteiger partial charge in [0.2, 0.25) is 0 Å². The smallest absolute Gasteiger partial charge is 0.420 e. The normalized spacial score (nSPS) is 14.7. The van der Waals surface area contributed by atoms with Crippen molar-refractivity contribution < 1.29 is 23.0 Å². The molecule has 0 aliphatic carbocycles. The van der Waals surface area contributed by atoms with Gasteiger partial charge in [0.1, 0.15) is 11.6 Å². The highest BCUT2D eigenvalue weighted by molar-refractivity contribution is 9.10. The van der Waals surface area contributed by atoms with E-state index in [1.54, 1.807) is 6.07 Å². The Hall–Kier alpha value is -1.97. The van der Waals surface area contributed by atoms with E-state index in [0.29, 0.717) is 28.9 Å². The number of nitrogens with one attached hydrogen (secondary N) is 1. The number of aromatic nitrogens is 1. The van der Waals surface area contributed by atoms with Crippen LogP contribution in [-0.4, -0.2) is 42.8 Å². The molecule has 1 aliphatic rings. The predicted molar refractivity (Wildman–Crippen MR) is 101 cm³/mol. The van der Waals surface area contributed by atoms with Gasteiger partial charge >= 0.3 is 5.57 Å². The van der Waals surface area contributed by atoms with E-state index in [1.165, 1.54) is 30.5 Å². The standard InChI is InChI=1S/C17H15BrClF2N3O3/c18-14-9-11(10-22-15(14)24-5-7-26-8-6-24)16(25)23-12-1-3-13(4-2-12)27-17(19,20)21/h1-4,9-10H,5-8H2,(H,23,25). The Morgan fingerprint density at radius 1 is 1.30 bits per heavy atom. The van der Waals surface area contributed by atoms with Crippen LogP contribution in [0.4, 0.5) is 20.3 Å². The van der Waals surface area contributed by atoms with E-state index in [1.807, 2.05) is 0 Å². The third-order valence-electron chi connectivity index (χ3n) is 3.74. The average Bonchev–Trinajstić information content (AvgIpc) is 2.63. The van der Waals surface area contributed by atoms with Crippen LogP contribution in [0.2, 0.25) is 0 Å². The number of amides is 1. The summed E-state index contributed by atoms with van der Waals surface area (Å²) < 4.78 is 35.4. The molecular formula is C17H15BrClF2N3O3. The van der Waals surface area contributed by atoms with Crippen molar-refractivity contribution in [3.63, 3.8) is 0 Å². The Labute approximate surface area is 167 Å². The largest absolute Gasteiger partial charge is 0.487 e. The van der Waals surface area contributed by atoms with Crippen LogP contribution in [0, 0.1) is 0 Å². The van der Waals surface area contributed by atoms with Crippen LogP contribution in [0.25, 0.3) is 0 Å². The molecule has 0 bridgehead atoms. The van der Waals surface area contributed by atoms with Crippen molar-refractivity contribution in [1.29, 1.82) is 0 Å². The first-order valence-electron chi connectivity index (χ1n) is 7.97. The number of nitrogens with zero attached hydrogens (tertiary/aromatic N) is 2. The molecular weight excluding hydrogens is 448 g/mol. The summed E-state index contributed by atoms with van der Waals surface area (Å²) in [6.07, 6.45) is 1.48. The zero-order valence-corrected chi connectivity index (χ0v) is 16.3. The second kappa shape index (κ2) is 8.37. The number of carbonyl (C=O) groups excluding carboxylic acids is 1. The molecule has 1 saturated heterocycles. The van der Waals surface area contributed by atoms with Crippen molar-refractivity contribution in [1.82, 2.24) is 4.98 Å². The molecule has 3 rings (SSSR count). The molecule has 144 valence electrons. The molecule has 1 N–H and O–H groups in total. The van der Waals surface area contributed by atoms with E-state index in [4.69, 9.17) is 16.3 Å². The summed E-state index contributed by atoms with van der Waals surface area (Å²) in [7, 11) is 0. The molecule has 0 unspecified atom stereocenters. The van der Waals surface area contributed by atoms with Gasteiger partial charge in [0.15, 0.2) is 0 Å². The van der Waals surface area contributed by atoms with Gasteiger partial charge in [-0.3, -0.25) is 4.79 Å². The molecule has 1 aromatic carbocycles. The monoisotopic (exact) mass is 461 g/mol. The van der Waals surface area contributed by atoms with Crippen LogP contribution >= 0.6 is 27.5 Å². The summed E-state index contributed by atoms with van der Waals surface area (Å²) >= 11 is 8.16. The zero-order chi connectivity index (χ0) is 19.4. The molecule has 1 aliphatic heterocycles. The third kappa shape index (κ3) is 5.50. The van der Waals surface area contributed by atoms with E-state index >= 15 is 0 Å². The first-order valence-corrected chi connectivity index (χ1v) is 9.14. The minimum Gasteiger partial charge on any atom is -0.420 e. The zero-order valence-electron chi connectivity index (χ0n) is 13.9. The number of benzene rings is 1. The number of pyridine rings is 1. The van der Waals surface area contributed by atoms with Crippen molar-refractivity contribution in [2.45, 2.75) is 5.57 Å². The van der Waals surface area contributed by atoms with E-state index < -0.39 is 5.57 Å². The lowest BCUT2D eigenvalue weighted by atomic mass is 10.2. The lowest BCUT2D eigenvalue weighted by Gasteiger charge is -2.28. The highest BCUT2D eigenvalue weighted by Crippen LogP contribution is 2.27. The quantitative estimate of drug-likeness (QED) is 0.678. The second-order valence-corrected chi connectivity index (χ2v) is 6.95. The highest BCUT2D eigenvalue weighted by Gasteiger charge is 2.27. The lowest BCUT2D eigenvalue weighted by Crippen LogP contribution is -2.37. The van der Waals surface area contributed by atoms with Gasteiger partial charge in [0, 0.05) is 36.6 Å². The van der Waals surface area contributed by atoms with Gasteiger partial charge < -0.3 is 19.7 Å². The van der Waals surface area contributed by atoms with Crippen molar-refractivity contribution in [3.05, 3.63) is 46.6 Å². The fraction of sp³-hybridized carbons (Fsp3) is 0.294. The van der Waals surface area contributed by atoms with Crippen molar-refractivity contribution >= 4 is 44.9 Å². The van der Waals surface area contributed by atoms with Crippen LogP contribution in [0.15, 0.2) is 41.0 Å². The fourth-order valence-corrected chi connectivity index (χ4v) is 3.19. The molecule has 1 amide bonds. The number of morpholine rings is 1. The van der Waals surface area contributed by atoms with Crippen LogP contribution in [0.1, 0.15) is 10.4 Å². The highest BCUT2D eigenvalue weighted by atomic mass is 79.9. The van der Waals surface area contributed by atoms with Crippen LogP contribution in [0.5, 0.6) is 5.75 Å². The second-order valence-electron chi connectivity index (χ2n) is 5.66. The van der Waals surface area contributed by atoms with Gasteiger partial charge in [-0.05, 0) is 46.3 Å². The molecule has 0 spiro atoms. The van der Waals surface area contributed by atoms with E-state index in [9.17, 15) is 13.6 Å². The number of ether oxygens (including phenoxy) is 2. The molecule has 6 nitrogen and oxygen atoms in total. The molecule has 0 atom stereocenters. The number of anilines is 2. The van der Waals surface area contributed by atoms with Gasteiger partial charge in [-0.1, -0.05) is 0 Å². The number of carbonyl (C=O) groups is 1. The summed E-state index contributed by atoms with van der Waals surface area (Å²) in [5, 5.41) is 2.67. The topological polar surface area (TPSA) is 63.7 Å². The molecule has 0 radical (unpaired) electrons. The van der Waals surface area contributed by atoms with Crippen LogP contribution < -0.4 is 15.0 Å². The van der Waals surface area contributed by atoms with Crippen LogP contribution in [0.3, 0.4) is 0 Å². The molecule has 0 saturated carbocycles. The Balaban J connectivity index is 1.66. The Morgan fingerprint density at radius 2 is 1.96 bits per heavy atom. The Morgan fingerprint density at radius 3 is 2.56 bits per heavy atom. The minimum absolute atomic E-state index is 0.118. The maximum Gasteiger partial charge on any atom is 0.487 e. The Bertz CT molecular complexity index is 812. The van der Waals surface area contributed by atoms with Crippen molar-refractivity contribution in [2.75, 3.05) is 36.5 Å². The maximum absolute atomic E-state index is 12.6. The van der Waals surface area contributed by atoms with E-state index in [2.05, 4.69) is 35.9 Å². The molecule has 27 heavy (non-hydrogen) atoms. The number of halogens is 4. The summed E-state index contributed by atoms with van der Waals surface area (Å²) in [5.74, 6) is 0.249. The van der Waals surface area contributed by atoms with E-state index in [0.717, 1.165) is 18.9 Å². The summed E-state index contributed by atoms with van der Waals surface area (Å²) in [5.41, 5.74) is -3.02. The number of hydrogen-bond acceptors (Lipinski definition) is 5. The fourth-order valence-electron chi connectivity index (χ4n) is 2.51. The summed E-state index contributed by atoms with van der Waals surface area (Å²) in [6, 6.07) is 7.10. The van der Waals surface area contributed by atoms with Gasteiger partial charge in [-0.25, -0.2) is 4.98 Å². The van der Waals surface area contributed by atoms with Gasteiger partial charge in [-0.15, -0.1) is 8.78 Å². The van der Waals surface area contributed by atoms with E-state index in [-0.39, 0.29) is 11.7 Å². The molecule has 1 fully saturated rings.